The van der Waals surface area contributed by atoms with Gasteiger partial charge in [0.05, 0.1) is 19.3 Å². The smallest absolute Gasteiger partial charge is 0.348 e. The van der Waals surface area contributed by atoms with Crippen molar-refractivity contribution >= 4 is 7.60 Å². The van der Waals surface area contributed by atoms with E-state index in [1.54, 1.807) is 26.0 Å². The average Bonchev–Trinajstić information content (AvgIpc) is 2.38. The van der Waals surface area contributed by atoms with Gasteiger partial charge in [-0.25, -0.2) is 0 Å². The van der Waals surface area contributed by atoms with E-state index in [9.17, 15) is 14.9 Å². The Bertz CT molecular complexity index is 470. The molecule has 0 saturated heterocycles. The number of nitrogens with zero attached hydrogens (tertiary/aromatic N) is 1. The third kappa shape index (κ3) is 4.36. The molecule has 5 nitrogen and oxygen atoms in total. The maximum absolute atomic E-state index is 12.5. The number of hydrogen-bond donors (Lipinski definition) is 1. The average molecular weight is 283 g/mol. The molecule has 104 valence electrons. The molecule has 0 amide bonds. The van der Waals surface area contributed by atoms with Crippen molar-refractivity contribution in [2.45, 2.75) is 25.9 Å². The molecule has 0 aromatic heterocycles. The lowest BCUT2D eigenvalue weighted by molar-refractivity contribution is 0.216. The van der Waals surface area contributed by atoms with Crippen molar-refractivity contribution in [3.05, 3.63) is 29.8 Å². The van der Waals surface area contributed by atoms with E-state index < -0.39 is 13.3 Å². The van der Waals surface area contributed by atoms with Crippen molar-refractivity contribution in [3.63, 3.8) is 0 Å². The van der Waals surface area contributed by atoms with Gasteiger partial charge in [-0.05, 0) is 38.0 Å². The second-order valence-electron chi connectivity index (χ2n) is 3.89. The van der Waals surface area contributed by atoms with Gasteiger partial charge in [-0.1, -0.05) is 12.1 Å². The van der Waals surface area contributed by atoms with Gasteiger partial charge in [0.15, 0.2) is 5.66 Å². The summed E-state index contributed by atoms with van der Waals surface area (Å²) in [7, 11) is -3.43. The van der Waals surface area contributed by atoms with Crippen molar-refractivity contribution < 1.29 is 18.7 Å². The first-order valence-corrected chi connectivity index (χ1v) is 7.73. The van der Waals surface area contributed by atoms with Crippen LogP contribution in [-0.4, -0.2) is 24.0 Å². The summed E-state index contributed by atoms with van der Waals surface area (Å²) < 4.78 is 22.9. The van der Waals surface area contributed by atoms with E-state index in [1.807, 2.05) is 6.07 Å². The van der Waals surface area contributed by atoms with Crippen LogP contribution in [0.3, 0.4) is 0 Å². The van der Waals surface area contributed by atoms with Gasteiger partial charge in [0.25, 0.3) is 0 Å². The number of nitriles is 1. The molecular weight excluding hydrogens is 265 g/mol. The second-order valence-corrected chi connectivity index (χ2v) is 6.11. The maximum atomic E-state index is 12.5. The van der Waals surface area contributed by atoms with Crippen LogP contribution in [0.15, 0.2) is 24.3 Å². The molecule has 1 atom stereocenters. The lowest BCUT2D eigenvalue weighted by Crippen LogP contribution is -2.14. The Balaban J connectivity index is 2.89. The van der Waals surface area contributed by atoms with Gasteiger partial charge in [-0.15, -0.1) is 0 Å². The lowest BCUT2D eigenvalue weighted by Gasteiger charge is -2.21. The largest absolute Gasteiger partial charge is 0.508 e. The van der Waals surface area contributed by atoms with Crippen LogP contribution in [0.2, 0.25) is 0 Å². The molecular formula is C13H18NO4P. The van der Waals surface area contributed by atoms with Gasteiger partial charge in [0.1, 0.15) is 5.75 Å². The topological polar surface area (TPSA) is 79.5 Å². The van der Waals surface area contributed by atoms with Crippen molar-refractivity contribution in [3.8, 4) is 11.8 Å². The molecule has 1 rings (SSSR count). The predicted octanol–water partition coefficient (Wildman–Crippen LogP) is 3.09. The molecule has 0 bridgehead atoms. The van der Waals surface area contributed by atoms with Crippen LogP contribution in [0.5, 0.6) is 5.75 Å². The second kappa shape index (κ2) is 7.30. The van der Waals surface area contributed by atoms with Gasteiger partial charge >= 0.3 is 7.60 Å². The Morgan fingerprint density at radius 3 is 2.21 bits per heavy atom. The van der Waals surface area contributed by atoms with Crippen molar-refractivity contribution in [1.82, 2.24) is 0 Å². The van der Waals surface area contributed by atoms with Crippen molar-refractivity contribution in [2.24, 2.45) is 0 Å². The van der Waals surface area contributed by atoms with Gasteiger partial charge < -0.3 is 14.2 Å². The first-order valence-electron chi connectivity index (χ1n) is 6.12. The summed E-state index contributed by atoms with van der Waals surface area (Å²) in [6, 6.07) is 8.41. The molecule has 0 aliphatic carbocycles. The van der Waals surface area contributed by atoms with Gasteiger partial charge in [-0.2, -0.15) is 5.26 Å². The van der Waals surface area contributed by atoms with E-state index in [1.165, 1.54) is 12.1 Å². The minimum atomic E-state index is -3.43. The summed E-state index contributed by atoms with van der Waals surface area (Å²) >= 11 is 0. The molecule has 0 heterocycles. The normalized spacial score (nSPS) is 12.9. The Morgan fingerprint density at radius 2 is 1.79 bits per heavy atom. The summed E-state index contributed by atoms with van der Waals surface area (Å²) in [6.45, 7) is 3.87. The minimum Gasteiger partial charge on any atom is -0.508 e. The summed E-state index contributed by atoms with van der Waals surface area (Å²) in [5.41, 5.74) is -0.0547. The first kappa shape index (κ1) is 15.7. The van der Waals surface area contributed by atoms with Gasteiger partial charge in [-0.3, -0.25) is 4.57 Å². The summed E-state index contributed by atoms with van der Waals surface area (Å²) in [6.07, 6.45) is 0.258. The molecule has 0 saturated carbocycles. The zero-order valence-corrected chi connectivity index (χ0v) is 12.0. The zero-order valence-electron chi connectivity index (χ0n) is 11.1. The molecule has 19 heavy (non-hydrogen) atoms. The molecule has 0 fully saturated rings. The maximum Gasteiger partial charge on any atom is 0.348 e. The van der Waals surface area contributed by atoms with E-state index in [0.717, 1.165) is 5.56 Å². The number of hydrogen-bond acceptors (Lipinski definition) is 5. The van der Waals surface area contributed by atoms with Crippen LogP contribution >= 0.6 is 7.60 Å². The van der Waals surface area contributed by atoms with E-state index in [-0.39, 0.29) is 25.4 Å². The highest BCUT2D eigenvalue weighted by Gasteiger charge is 2.35. The Labute approximate surface area is 113 Å². The molecule has 1 aromatic rings. The third-order valence-electron chi connectivity index (χ3n) is 2.51. The third-order valence-corrected chi connectivity index (χ3v) is 4.81. The minimum absolute atomic E-state index is 0.148. The number of phenolic OH excluding ortho intramolecular Hbond substituents is 1. The number of benzene rings is 1. The van der Waals surface area contributed by atoms with Crippen LogP contribution < -0.4 is 0 Å². The van der Waals surface area contributed by atoms with Crippen molar-refractivity contribution in [2.75, 3.05) is 13.2 Å². The Hall–Kier alpha value is -1.34. The fourth-order valence-corrected chi connectivity index (χ4v) is 3.39. The van der Waals surface area contributed by atoms with Gasteiger partial charge in [0.2, 0.25) is 0 Å². The standard InChI is InChI=1S/C13H18NO4P/c1-3-17-19(16,18-4-2)13(10-14)9-11-5-7-12(15)8-6-11/h5-8,13,15H,3-4,9H2,1-2H3. The van der Waals surface area contributed by atoms with Crippen LogP contribution in [0.4, 0.5) is 0 Å². The fourth-order valence-electron chi connectivity index (χ4n) is 1.66. The van der Waals surface area contributed by atoms with Crippen LogP contribution in [0.25, 0.3) is 0 Å². The molecule has 0 spiro atoms. The molecule has 0 aliphatic heterocycles. The summed E-state index contributed by atoms with van der Waals surface area (Å²) in [5.74, 6) is 0.148. The quantitative estimate of drug-likeness (QED) is 0.778. The predicted molar refractivity (Wildman–Crippen MR) is 72.1 cm³/mol. The number of phenols is 1. The highest BCUT2D eigenvalue weighted by molar-refractivity contribution is 7.55. The number of rotatable bonds is 7. The zero-order chi connectivity index (χ0) is 14.3. The monoisotopic (exact) mass is 283 g/mol. The molecule has 6 heteroatoms. The Kier molecular flexibility index (Phi) is 6.04. The van der Waals surface area contributed by atoms with Gasteiger partial charge in [0, 0.05) is 0 Å². The van der Waals surface area contributed by atoms with Crippen LogP contribution in [0.1, 0.15) is 19.4 Å². The highest BCUT2D eigenvalue weighted by Crippen LogP contribution is 2.53. The van der Waals surface area contributed by atoms with Crippen molar-refractivity contribution in [1.29, 1.82) is 5.26 Å². The summed E-state index contributed by atoms with van der Waals surface area (Å²) in [5, 5.41) is 18.4. The van der Waals surface area contributed by atoms with E-state index >= 15 is 0 Å². The molecule has 0 aliphatic rings. The van der Waals surface area contributed by atoms with Crippen LogP contribution in [0, 0.1) is 11.3 Å². The highest BCUT2D eigenvalue weighted by atomic mass is 31.2. The first-order chi connectivity index (χ1) is 9.05. The Morgan fingerprint density at radius 1 is 1.26 bits per heavy atom. The number of aromatic hydroxyl groups is 1. The molecule has 1 aromatic carbocycles. The van der Waals surface area contributed by atoms with Crippen LogP contribution in [-0.2, 0) is 20.0 Å². The van der Waals surface area contributed by atoms with E-state index in [4.69, 9.17) is 9.05 Å². The molecule has 1 N–H and O–H groups in total. The lowest BCUT2D eigenvalue weighted by atomic mass is 10.1. The molecule has 1 unspecified atom stereocenters. The SMILES string of the molecule is CCOP(=O)(OCC)C(C#N)Cc1ccc(O)cc1. The molecule has 0 radical (unpaired) electrons. The fraction of sp³-hybridized carbons (Fsp3) is 0.462. The van der Waals surface area contributed by atoms with E-state index in [0.29, 0.717) is 0 Å². The van der Waals surface area contributed by atoms with E-state index in [2.05, 4.69) is 0 Å². The summed E-state index contributed by atoms with van der Waals surface area (Å²) in [4.78, 5) is 0.